The highest BCUT2D eigenvalue weighted by Gasteiger charge is 2.34. The molecular weight excluding hydrogens is 218 g/mol. The quantitative estimate of drug-likeness (QED) is 0.723. The molecule has 0 heterocycles. The van der Waals surface area contributed by atoms with Gasteiger partial charge in [-0.15, -0.1) is 0 Å². The Morgan fingerprint density at radius 1 is 1.40 bits per heavy atom. The van der Waals surface area contributed by atoms with Crippen LogP contribution >= 0.6 is 0 Å². The Hall–Kier alpha value is -0.620. The van der Waals surface area contributed by atoms with E-state index in [4.69, 9.17) is 4.74 Å². The van der Waals surface area contributed by atoms with E-state index < -0.39 is 27.4 Å². The summed E-state index contributed by atoms with van der Waals surface area (Å²) < 4.78 is 29.2. The van der Waals surface area contributed by atoms with Crippen molar-refractivity contribution in [2.75, 3.05) is 12.9 Å². The summed E-state index contributed by atoms with van der Waals surface area (Å²) in [5, 5.41) is 0. The fourth-order valence-electron chi connectivity index (χ4n) is 1.02. The number of hydrogen-bond acceptors (Lipinski definition) is 4. The van der Waals surface area contributed by atoms with Crippen LogP contribution in [-0.2, 0) is 19.6 Å². The molecule has 0 amide bonds. The maximum Gasteiger partial charge on any atom is 0.324 e. The Bertz CT molecular complexity index is 315. The molecule has 0 aliphatic carbocycles. The van der Waals surface area contributed by atoms with Crippen molar-refractivity contribution in [1.82, 2.24) is 4.72 Å². The van der Waals surface area contributed by atoms with Gasteiger partial charge in [-0.25, -0.2) is 13.1 Å². The van der Waals surface area contributed by atoms with E-state index >= 15 is 0 Å². The second-order valence-corrected chi connectivity index (χ2v) is 6.22. The highest BCUT2D eigenvalue weighted by Crippen LogP contribution is 2.20. The zero-order valence-corrected chi connectivity index (χ0v) is 10.6. The summed E-state index contributed by atoms with van der Waals surface area (Å²) in [6.07, 6.45) is 1.02. The molecule has 0 saturated carbocycles. The van der Waals surface area contributed by atoms with E-state index in [1.807, 2.05) is 0 Å². The monoisotopic (exact) mass is 237 g/mol. The second-order valence-electron chi connectivity index (χ2n) is 4.44. The van der Waals surface area contributed by atoms with Crippen molar-refractivity contribution in [3.8, 4) is 0 Å². The van der Waals surface area contributed by atoms with E-state index in [1.54, 1.807) is 27.7 Å². The van der Waals surface area contributed by atoms with Crippen molar-refractivity contribution in [1.29, 1.82) is 0 Å². The predicted molar refractivity (Wildman–Crippen MR) is 57.9 cm³/mol. The van der Waals surface area contributed by atoms with Crippen molar-refractivity contribution in [3.63, 3.8) is 0 Å². The third kappa shape index (κ3) is 5.74. The van der Waals surface area contributed by atoms with Crippen LogP contribution in [-0.4, -0.2) is 33.3 Å². The molecule has 5 nitrogen and oxygen atoms in total. The number of carbonyl (C=O) groups excluding carboxylic acids is 1. The molecule has 0 bridgehead atoms. The highest BCUT2D eigenvalue weighted by molar-refractivity contribution is 7.88. The van der Waals surface area contributed by atoms with Crippen molar-refractivity contribution in [2.24, 2.45) is 5.41 Å². The lowest BCUT2D eigenvalue weighted by atomic mass is 9.87. The molecule has 0 radical (unpaired) electrons. The van der Waals surface area contributed by atoms with Crippen molar-refractivity contribution >= 4 is 16.0 Å². The summed E-state index contributed by atoms with van der Waals surface area (Å²) in [5.41, 5.74) is -0.519. The summed E-state index contributed by atoms with van der Waals surface area (Å²) in [5.74, 6) is -0.546. The highest BCUT2D eigenvalue weighted by atomic mass is 32.2. The molecule has 0 spiro atoms. The van der Waals surface area contributed by atoms with Crippen molar-refractivity contribution in [3.05, 3.63) is 0 Å². The Balaban J connectivity index is 4.84. The SMILES string of the molecule is CCOC(=O)[C@@H](NS(C)(=O)=O)C(C)(C)C. The maximum absolute atomic E-state index is 11.5. The lowest BCUT2D eigenvalue weighted by Gasteiger charge is -2.28. The summed E-state index contributed by atoms with van der Waals surface area (Å²) in [7, 11) is -3.42. The summed E-state index contributed by atoms with van der Waals surface area (Å²) in [4.78, 5) is 11.5. The van der Waals surface area contributed by atoms with E-state index in [0.29, 0.717) is 0 Å². The second kappa shape index (κ2) is 4.94. The van der Waals surface area contributed by atoms with Crippen LogP contribution < -0.4 is 4.72 Å². The zero-order chi connectivity index (χ0) is 12.3. The molecule has 0 rings (SSSR count). The van der Waals surface area contributed by atoms with Crippen LogP contribution in [0.5, 0.6) is 0 Å². The van der Waals surface area contributed by atoms with Gasteiger partial charge in [0.25, 0.3) is 0 Å². The van der Waals surface area contributed by atoms with Crippen LogP contribution in [0.15, 0.2) is 0 Å². The largest absolute Gasteiger partial charge is 0.465 e. The maximum atomic E-state index is 11.5. The Morgan fingerprint density at radius 2 is 1.87 bits per heavy atom. The van der Waals surface area contributed by atoms with Gasteiger partial charge < -0.3 is 4.74 Å². The van der Waals surface area contributed by atoms with Gasteiger partial charge >= 0.3 is 5.97 Å². The van der Waals surface area contributed by atoms with E-state index in [2.05, 4.69) is 4.72 Å². The Morgan fingerprint density at radius 3 is 2.13 bits per heavy atom. The Labute approximate surface area is 91.2 Å². The number of sulfonamides is 1. The van der Waals surface area contributed by atoms with Gasteiger partial charge in [0.05, 0.1) is 12.9 Å². The number of esters is 1. The van der Waals surface area contributed by atoms with Gasteiger partial charge in [-0.3, -0.25) is 4.79 Å². The van der Waals surface area contributed by atoms with Crippen LogP contribution in [0.1, 0.15) is 27.7 Å². The molecule has 1 N–H and O–H groups in total. The molecular formula is C9H19NO4S. The van der Waals surface area contributed by atoms with Gasteiger partial charge in [0, 0.05) is 0 Å². The standard InChI is InChI=1S/C9H19NO4S/c1-6-14-8(11)7(9(2,3)4)10-15(5,12)13/h7,10H,6H2,1-5H3/t7-/m1/s1. The first-order chi connectivity index (χ1) is 6.58. The molecule has 0 fully saturated rings. The molecule has 0 saturated heterocycles. The number of rotatable bonds is 4. The van der Waals surface area contributed by atoms with Crippen LogP contribution in [0.2, 0.25) is 0 Å². The van der Waals surface area contributed by atoms with Crippen molar-refractivity contribution < 1.29 is 17.9 Å². The normalized spacial score (nSPS) is 14.7. The molecule has 0 aromatic rings. The van der Waals surface area contributed by atoms with Gasteiger partial charge in [0.1, 0.15) is 6.04 Å². The first kappa shape index (κ1) is 14.4. The van der Waals surface area contributed by atoms with Crippen LogP contribution in [0.4, 0.5) is 0 Å². The molecule has 0 unspecified atom stereocenters. The number of hydrogen-bond donors (Lipinski definition) is 1. The number of ether oxygens (including phenoxy) is 1. The average Bonchev–Trinajstić information content (AvgIpc) is 1.97. The van der Waals surface area contributed by atoms with Gasteiger partial charge in [-0.05, 0) is 12.3 Å². The van der Waals surface area contributed by atoms with Gasteiger partial charge in [-0.1, -0.05) is 20.8 Å². The minimum atomic E-state index is -3.42. The first-order valence-electron chi connectivity index (χ1n) is 4.72. The summed E-state index contributed by atoms with van der Waals surface area (Å²) >= 11 is 0. The lowest BCUT2D eigenvalue weighted by molar-refractivity contribution is -0.147. The van der Waals surface area contributed by atoms with E-state index in [1.165, 1.54) is 0 Å². The van der Waals surface area contributed by atoms with Gasteiger partial charge in [0.15, 0.2) is 0 Å². The zero-order valence-electron chi connectivity index (χ0n) is 9.83. The number of carbonyl (C=O) groups is 1. The van der Waals surface area contributed by atoms with E-state index in [0.717, 1.165) is 6.26 Å². The minimum Gasteiger partial charge on any atom is -0.465 e. The van der Waals surface area contributed by atoms with E-state index in [-0.39, 0.29) is 6.61 Å². The average molecular weight is 237 g/mol. The third-order valence-corrected chi connectivity index (χ3v) is 2.38. The predicted octanol–water partition coefficient (Wildman–Crippen LogP) is 0.513. The van der Waals surface area contributed by atoms with Crippen LogP contribution in [0.3, 0.4) is 0 Å². The Kier molecular flexibility index (Phi) is 4.73. The lowest BCUT2D eigenvalue weighted by Crippen LogP contribution is -2.49. The molecule has 0 aromatic heterocycles. The van der Waals surface area contributed by atoms with Crippen LogP contribution in [0.25, 0.3) is 0 Å². The summed E-state index contributed by atoms with van der Waals surface area (Å²) in [6, 6.07) is -0.854. The van der Waals surface area contributed by atoms with Crippen molar-refractivity contribution in [2.45, 2.75) is 33.7 Å². The van der Waals surface area contributed by atoms with Gasteiger partial charge in [0.2, 0.25) is 10.0 Å². The van der Waals surface area contributed by atoms with Gasteiger partial charge in [-0.2, -0.15) is 0 Å². The molecule has 0 aliphatic heterocycles. The first-order valence-corrected chi connectivity index (χ1v) is 6.61. The topological polar surface area (TPSA) is 72.5 Å². The molecule has 6 heteroatoms. The molecule has 15 heavy (non-hydrogen) atoms. The minimum absolute atomic E-state index is 0.233. The molecule has 0 aliphatic rings. The van der Waals surface area contributed by atoms with Crippen LogP contribution in [0, 0.1) is 5.41 Å². The third-order valence-electron chi connectivity index (χ3n) is 1.72. The fraction of sp³-hybridized carbons (Fsp3) is 0.889. The summed E-state index contributed by atoms with van der Waals surface area (Å²) in [6.45, 7) is 7.22. The fourth-order valence-corrected chi connectivity index (χ4v) is 1.90. The molecule has 90 valence electrons. The number of nitrogens with one attached hydrogen (secondary N) is 1. The molecule has 0 aromatic carbocycles. The smallest absolute Gasteiger partial charge is 0.324 e. The molecule has 1 atom stereocenters. The van der Waals surface area contributed by atoms with E-state index in [9.17, 15) is 13.2 Å².